The van der Waals surface area contributed by atoms with E-state index in [1.165, 1.54) is 0 Å². The second kappa shape index (κ2) is 14.5. The zero-order valence-electron chi connectivity index (χ0n) is 16.1. The van der Waals surface area contributed by atoms with Gasteiger partial charge in [0.25, 0.3) is 0 Å². The molecule has 0 bridgehead atoms. The van der Waals surface area contributed by atoms with Gasteiger partial charge in [-0.1, -0.05) is 44.7 Å². The van der Waals surface area contributed by atoms with Gasteiger partial charge < -0.3 is 9.84 Å². The summed E-state index contributed by atoms with van der Waals surface area (Å²) in [5.74, 6) is -3.52. The van der Waals surface area contributed by atoms with Gasteiger partial charge in [0, 0.05) is 12.8 Å². The van der Waals surface area contributed by atoms with Gasteiger partial charge in [-0.25, -0.2) is 4.79 Å². The smallest absolute Gasteiger partial charge is 0.334 e. The number of amides is 2. The normalized spacial score (nSPS) is 12.1. The topological polar surface area (TPSA) is 101 Å². The van der Waals surface area contributed by atoms with Gasteiger partial charge in [0.2, 0.25) is 11.8 Å². The molecule has 0 aliphatic carbocycles. The van der Waals surface area contributed by atoms with E-state index in [-0.39, 0.29) is 12.8 Å². The third kappa shape index (κ3) is 10.1. The Bertz CT molecular complexity index is 549. The van der Waals surface area contributed by atoms with Gasteiger partial charge >= 0.3 is 11.9 Å². The Morgan fingerprint density at radius 1 is 0.963 bits per heavy atom. The van der Waals surface area contributed by atoms with E-state index in [1.807, 2.05) is 26.0 Å². The van der Waals surface area contributed by atoms with Crippen LogP contribution in [-0.4, -0.2) is 39.8 Å². The first-order chi connectivity index (χ1) is 12.9. The molecule has 0 aromatic heterocycles. The molecule has 0 rings (SSSR count). The first-order valence-corrected chi connectivity index (χ1v) is 9.07. The van der Waals surface area contributed by atoms with Crippen molar-refractivity contribution < 1.29 is 29.0 Å². The lowest BCUT2D eigenvalue weighted by Gasteiger charge is -2.27. The summed E-state index contributed by atoms with van der Waals surface area (Å²) in [6.45, 7) is 7.16. The molecule has 0 fully saturated rings. The number of imide groups is 1. The average Bonchev–Trinajstić information content (AvgIpc) is 2.61. The minimum atomic E-state index is -1.52. The standard InChI is InChI=1S/C20H29NO6/c1-4-7-9-11-13-17(22)21(18(23)14-12-10-8-5-2)16(15-19(24)25)20(26)27-6-3/h6-10,16H,3-5,11-15H2,1-2H3,(H,24,25)/b9-7+,10-8+. The maximum atomic E-state index is 12.6. The SMILES string of the molecule is C=COC(=O)C(CC(=O)O)N(C(=O)CC/C=C/CC)C(=O)CC/C=C/CC. The van der Waals surface area contributed by atoms with Crippen molar-refractivity contribution in [1.29, 1.82) is 0 Å². The molecule has 0 radical (unpaired) electrons. The zero-order valence-corrected chi connectivity index (χ0v) is 16.1. The quantitative estimate of drug-likeness (QED) is 0.299. The van der Waals surface area contributed by atoms with Crippen LogP contribution in [0.25, 0.3) is 0 Å². The molecule has 150 valence electrons. The average molecular weight is 379 g/mol. The number of ether oxygens (including phenoxy) is 1. The van der Waals surface area contributed by atoms with Crippen molar-refractivity contribution in [2.75, 3.05) is 0 Å². The minimum Gasteiger partial charge on any atom is -0.481 e. The van der Waals surface area contributed by atoms with Gasteiger partial charge in [-0.15, -0.1) is 0 Å². The third-order valence-corrected chi connectivity index (χ3v) is 3.54. The second-order valence-electron chi connectivity index (χ2n) is 5.71. The highest BCUT2D eigenvalue weighted by Gasteiger charge is 2.36. The zero-order chi connectivity index (χ0) is 20.7. The summed E-state index contributed by atoms with van der Waals surface area (Å²) in [7, 11) is 0. The van der Waals surface area contributed by atoms with E-state index < -0.39 is 36.2 Å². The Balaban J connectivity index is 5.49. The van der Waals surface area contributed by atoms with E-state index in [9.17, 15) is 19.2 Å². The highest BCUT2D eigenvalue weighted by Crippen LogP contribution is 2.14. The van der Waals surface area contributed by atoms with Crippen LogP contribution in [0.1, 0.15) is 58.8 Å². The summed E-state index contributed by atoms with van der Waals surface area (Å²) < 4.78 is 4.66. The number of aliphatic carboxylic acids is 1. The maximum Gasteiger partial charge on any atom is 0.334 e. The van der Waals surface area contributed by atoms with Crippen LogP contribution in [0.3, 0.4) is 0 Å². The van der Waals surface area contributed by atoms with Crippen molar-refractivity contribution in [2.45, 2.75) is 64.8 Å². The number of carbonyl (C=O) groups is 4. The van der Waals surface area contributed by atoms with E-state index in [0.29, 0.717) is 12.8 Å². The molecule has 0 aliphatic rings. The maximum absolute atomic E-state index is 12.6. The van der Waals surface area contributed by atoms with Crippen LogP contribution in [0.5, 0.6) is 0 Å². The number of allylic oxidation sites excluding steroid dienone is 4. The van der Waals surface area contributed by atoms with Crippen LogP contribution < -0.4 is 0 Å². The number of carbonyl (C=O) groups excluding carboxylic acids is 3. The van der Waals surface area contributed by atoms with Crippen LogP contribution in [0, 0.1) is 0 Å². The van der Waals surface area contributed by atoms with Crippen molar-refractivity contribution in [1.82, 2.24) is 4.90 Å². The largest absolute Gasteiger partial charge is 0.481 e. The number of carboxylic acid groups (broad SMARTS) is 1. The summed E-state index contributed by atoms with van der Waals surface area (Å²) in [5.41, 5.74) is 0. The number of hydrogen-bond donors (Lipinski definition) is 1. The molecule has 1 N–H and O–H groups in total. The van der Waals surface area contributed by atoms with Crippen molar-refractivity contribution in [3.63, 3.8) is 0 Å². The molecule has 0 saturated carbocycles. The minimum absolute atomic E-state index is 0.00940. The Morgan fingerprint density at radius 3 is 1.81 bits per heavy atom. The first kappa shape index (κ1) is 24.3. The summed E-state index contributed by atoms with van der Waals surface area (Å²) in [6, 6.07) is -1.52. The number of rotatable bonds is 13. The lowest BCUT2D eigenvalue weighted by Crippen LogP contribution is -2.50. The molecule has 1 unspecified atom stereocenters. The molecule has 0 spiro atoms. The lowest BCUT2D eigenvalue weighted by atomic mass is 10.1. The Hall–Kier alpha value is -2.70. The van der Waals surface area contributed by atoms with Crippen molar-refractivity contribution >= 4 is 23.8 Å². The summed E-state index contributed by atoms with van der Waals surface area (Å²) >= 11 is 0. The number of esters is 1. The van der Waals surface area contributed by atoms with Gasteiger partial charge in [0.15, 0.2) is 0 Å². The lowest BCUT2D eigenvalue weighted by molar-refractivity contribution is -0.161. The van der Waals surface area contributed by atoms with Gasteiger partial charge in [-0.3, -0.25) is 19.3 Å². The Morgan fingerprint density at radius 2 is 1.44 bits per heavy atom. The van der Waals surface area contributed by atoms with Gasteiger partial charge in [0.05, 0.1) is 12.7 Å². The fourth-order valence-corrected chi connectivity index (χ4v) is 2.32. The van der Waals surface area contributed by atoms with E-state index in [1.54, 1.807) is 12.2 Å². The number of carboxylic acids is 1. The number of nitrogens with zero attached hydrogens (tertiary/aromatic N) is 1. The van der Waals surface area contributed by atoms with Gasteiger partial charge in [-0.2, -0.15) is 0 Å². The highest BCUT2D eigenvalue weighted by molar-refractivity contribution is 6.00. The molecule has 7 nitrogen and oxygen atoms in total. The summed E-state index contributed by atoms with van der Waals surface area (Å²) in [6.07, 6.45) is 9.89. The number of hydrogen-bond acceptors (Lipinski definition) is 5. The molecule has 1 atom stereocenters. The predicted molar refractivity (Wildman–Crippen MR) is 102 cm³/mol. The molecule has 0 aromatic rings. The molecular weight excluding hydrogens is 350 g/mol. The van der Waals surface area contributed by atoms with Crippen molar-refractivity contribution in [2.24, 2.45) is 0 Å². The highest BCUT2D eigenvalue weighted by atomic mass is 16.5. The van der Waals surface area contributed by atoms with E-state index in [0.717, 1.165) is 24.0 Å². The molecule has 0 saturated heterocycles. The molecule has 27 heavy (non-hydrogen) atoms. The third-order valence-electron chi connectivity index (χ3n) is 3.54. The molecule has 0 aromatic carbocycles. The summed E-state index contributed by atoms with van der Waals surface area (Å²) in [4.78, 5) is 49.2. The van der Waals surface area contributed by atoms with E-state index >= 15 is 0 Å². The molecular formula is C20H29NO6. The Labute approximate surface area is 160 Å². The van der Waals surface area contributed by atoms with Gasteiger partial charge in [-0.05, 0) is 25.7 Å². The monoisotopic (exact) mass is 379 g/mol. The van der Waals surface area contributed by atoms with E-state index in [4.69, 9.17) is 5.11 Å². The van der Waals surface area contributed by atoms with Gasteiger partial charge in [0.1, 0.15) is 6.04 Å². The molecule has 7 heteroatoms. The van der Waals surface area contributed by atoms with Crippen LogP contribution in [0.2, 0.25) is 0 Å². The van der Waals surface area contributed by atoms with Crippen LogP contribution in [0.15, 0.2) is 37.1 Å². The van der Waals surface area contributed by atoms with E-state index in [2.05, 4.69) is 11.3 Å². The molecule has 0 aliphatic heterocycles. The van der Waals surface area contributed by atoms with Crippen molar-refractivity contribution in [3.05, 3.63) is 37.1 Å². The predicted octanol–water partition coefficient (Wildman–Crippen LogP) is 3.36. The molecule has 2 amide bonds. The Kier molecular flexibility index (Phi) is 13.0. The summed E-state index contributed by atoms with van der Waals surface area (Å²) in [5, 5.41) is 9.10. The fourth-order valence-electron chi connectivity index (χ4n) is 2.32. The first-order valence-electron chi connectivity index (χ1n) is 9.07. The second-order valence-corrected chi connectivity index (χ2v) is 5.71. The van der Waals surface area contributed by atoms with Crippen LogP contribution in [-0.2, 0) is 23.9 Å². The molecule has 0 heterocycles. The fraction of sp³-hybridized carbons (Fsp3) is 0.500. The van der Waals surface area contributed by atoms with Crippen LogP contribution in [0.4, 0.5) is 0 Å². The van der Waals surface area contributed by atoms with Crippen LogP contribution >= 0.6 is 0 Å². The van der Waals surface area contributed by atoms with Crippen molar-refractivity contribution in [3.8, 4) is 0 Å².